The van der Waals surface area contributed by atoms with E-state index in [9.17, 15) is 23.1 Å². The average molecular weight is 452 g/mol. The molecule has 0 atom stereocenters. The topological polar surface area (TPSA) is 167 Å². The highest BCUT2D eigenvalue weighted by Crippen LogP contribution is 2.32. The van der Waals surface area contributed by atoms with E-state index >= 15 is 0 Å². The fourth-order valence-electron chi connectivity index (χ4n) is 3.23. The van der Waals surface area contributed by atoms with Gasteiger partial charge < -0.3 is 16.6 Å². The molecular formula is C23H21N3O5S. The van der Waals surface area contributed by atoms with Crippen molar-refractivity contribution in [2.45, 2.75) is 11.3 Å². The molecule has 0 saturated carbocycles. The Labute approximate surface area is 185 Å². The zero-order valence-electron chi connectivity index (χ0n) is 16.9. The van der Waals surface area contributed by atoms with Crippen LogP contribution in [0.4, 0.5) is 5.69 Å². The minimum atomic E-state index is -3.88. The lowest BCUT2D eigenvalue weighted by Crippen LogP contribution is -2.14. The van der Waals surface area contributed by atoms with Crippen LogP contribution in [0.1, 0.15) is 21.5 Å². The van der Waals surface area contributed by atoms with Crippen molar-refractivity contribution in [3.05, 3.63) is 89.0 Å². The van der Waals surface area contributed by atoms with Crippen LogP contribution in [0, 0.1) is 0 Å². The number of carbonyl (C=O) groups excluding carboxylic acids is 1. The summed E-state index contributed by atoms with van der Waals surface area (Å²) in [6.07, 6.45) is 1.62. The van der Waals surface area contributed by atoms with E-state index in [1.165, 1.54) is 36.4 Å². The van der Waals surface area contributed by atoms with Crippen molar-refractivity contribution in [1.82, 2.24) is 0 Å². The highest BCUT2D eigenvalue weighted by atomic mass is 32.2. The number of carboxylic acid groups (broad SMARTS) is 1. The summed E-state index contributed by atoms with van der Waals surface area (Å²) < 4.78 is 23.0. The Hall–Kier alpha value is -3.95. The van der Waals surface area contributed by atoms with Gasteiger partial charge in [-0.3, -0.25) is 4.79 Å². The van der Waals surface area contributed by atoms with Gasteiger partial charge in [0, 0.05) is 17.6 Å². The minimum Gasteiger partial charge on any atom is -0.478 e. The fourth-order valence-corrected chi connectivity index (χ4v) is 3.75. The number of rotatable bonds is 7. The maximum atomic E-state index is 12.0. The molecule has 8 nitrogen and oxygen atoms in total. The van der Waals surface area contributed by atoms with Gasteiger partial charge in [0.05, 0.1) is 16.1 Å². The van der Waals surface area contributed by atoms with Gasteiger partial charge in [-0.15, -0.1) is 0 Å². The third kappa shape index (κ3) is 5.20. The Morgan fingerprint density at radius 1 is 0.969 bits per heavy atom. The summed E-state index contributed by atoms with van der Waals surface area (Å²) in [5.41, 5.74) is 14.0. The molecule has 7 N–H and O–H groups in total. The Morgan fingerprint density at radius 3 is 2.12 bits per heavy atom. The largest absolute Gasteiger partial charge is 0.478 e. The summed E-state index contributed by atoms with van der Waals surface area (Å²) in [6.45, 7) is 0. The lowest BCUT2D eigenvalue weighted by molar-refractivity contribution is -0.132. The molecule has 164 valence electrons. The summed E-state index contributed by atoms with van der Waals surface area (Å²) >= 11 is 0. The first-order valence-corrected chi connectivity index (χ1v) is 10.9. The van der Waals surface area contributed by atoms with Gasteiger partial charge in [0.2, 0.25) is 10.0 Å². The quantitative estimate of drug-likeness (QED) is 0.318. The zero-order valence-corrected chi connectivity index (χ0v) is 17.7. The predicted molar refractivity (Wildman–Crippen MR) is 122 cm³/mol. The van der Waals surface area contributed by atoms with Crippen molar-refractivity contribution in [2.24, 2.45) is 10.9 Å². The van der Waals surface area contributed by atoms with Crippen molar-refractivity contribution in [3.8, 4) is 11.1 Å². The number of anilines is 1. The number of sulfonamides is 1. The summed E-state index contributed by atoms with van der Waals surface area (Å²) in [5, 5.41) is 14.8. The van der Waals surface area contributed by atoms with Gasteiger partial charge in [-0.1, -0.05) is 42.5 Å². The molecule has 3 aromatic rings. The maximum Gasteiger partial charge on any atom is 0.331 e. The molecule has 0 spiro atoms. The molecule has 32 heavy (non-hydrogen) atoms. The van der Waals surface area contributed by atoms with Gasteiger partial charge in [0.25, 0.3) is 5.91 Å². The van der Waals surface area contributed by atoms with Crippen LogP contribution < -0.4 is 16.6 Å². The summed E-state index contributed by atoms with van der Waals surface area (Å²) in [5.74, 6) is -1.88. The van der Waals surface area contributed by atoms with Crippen molar-refractivity contribution in [1.29, 1.82) is 0 Å². The standard InChI is InChI=1S/C23H21N3O5S/c24-21-19(16-6-8-18(9-7-16)32(26,30)31)12-15(13-20(21)22(25)27)11-17(23(28)29)10-14-4-2-1-3-5-14/h1-9,11-13H,10,24H2,(H2,25,27)(H,28,29)(H2,26,30,31)/b17-11+. The number of carbonyl (C=O) groups is 2. The van der Waals surface area contributed by atoms with Crippen LogP contribution in [0.25, 0.3) is 17.2 Å². The van der Waals surface area contributed by atoms with Crippen LogP contribution >= 0.6 is 0 Å². The molecule has 0 bridgehead atoms. The number of amides is 1. The van der Waals surface area contributed by atoms with Crippen molar-refractivity contribution in [2.75, 3.05) is 5.73 Å². The van der Waals surface area contributed by atoms with E-state index in [-0.39, 0.29) is 28.1 Å². The van der Waals surface area contributed by atoms with Gasteiger partial charge in [0.1, 0.15) is 0 Å². The highest BCUT2D eigenvalue weighted by Gasteiger charge is 2.16. The molecule has 0 saturated heterocycles. The van der Waals surface area contributed by atoms with Crippen LogP contribution in [0.2, 0.25) is 0 Å². The molecule has 0 aliphatic carbocycles. The first-order valence-electron chi connectivity index (χ1n) is 9.40. The van der Waals surface area contributed by atoms with E-state index in [1.54, 1.807) is 6.07 Å². The molecule has 3 aromatic carbocycles. The van der Waals surface area contributed by atoms with Crippen molar-refractivity contribution >= 4 is 33.7 Å². The van der Waals surface area contributed by atoms with Crippen LogP contribution in [0.15, 0.2) is 77.2 Å². The summed E-state index contributed by atoms with van der Waals surface area (Å²) in [4.78, 5) is 23.7. The lowest BCUT2D eigenvalue weighted by Gasteiger charge is -2.13. The van der Waals surface area contributed by atoms with Crippen LogP contribution in [0.5, 0.6) is 0 Å². The Kier molecular flexibility index (Phi) is 6.42. The van der Waals surface area contributed by atoms with E-state index in [2.05, 4.69) is 0 Å². The Morgan fingerprint density at radius 2 is 1.59 bits per heavy atom. The van der Waals surface area contributed by atoms with Gasteiger partial charge in [0.15, 0.2) is 0 Å². The van der Waals surface area contributed by atoms with Crippen molar-refractivity contribution < 1.29 is 23.1 Å². The first-order chi connectivity index (χ1) is 15.1. The first kappa shape index (κ1) is 22.7. The van der Waals surface area contributed by atoms with Crippen LogP contribution in [-0.4, -0.2) is 25.4 Å². The lowest BCUT2D eigenvalue weighted by atomic mass is 9.95. The number of primary amides is 1. The molecule has 0 aromatic heterocycles. The minimum absolute atomic E-state index is 0.0220. The molecule has 0 aliphatic heterocycles. The van der Waals surface area contributed by atoms with E-state index in [0.29, 0.717) is 16.7 Å². The Balaban J connectivity index is 2.12. The third-order valence-electron chi connectivity index (χ3n) is 4.81. The number of primary sulfonamides is 1. The van der Waals surface area contributed by atoms with Crippen LogP contribution in [0.3, 0.4) is 0 Å². The number of hydrogen-bond acceptors (Lipinski definition) is 5. The molecule has 0 aliphatic rings. The number of nitrogen functional groups attached to an aromatic ring is 1. The molecule has 1 amide bonds. The molecule has 0 unspecified atom stereocenters. The second-order valence-electron chi connectivity index (χ2n) is 7.10. The molecule has 9 heteroatoms. The number of carboxylic acids is 1. The maximum absolute atomic E-state index is 12.0. The number of nitrogens with two attached hydrogens (primary N) is 3. The molecule has 0 heterocycles. The normalized spacial score (nSPS) is 11.8. The highest BCUT2D eigenvalue weighted by molar-refractivity contribution is 7.89. The van der Waals surface area contributed by atoms with E-state index in [0.717, 1.165) is 5.56 Å². The second-order valence-corrected chi connectivity index (χ2v) is 8.66. The number of aliphatic carboxylic acids is 1. The van der Waals surface area contributed by atoms with Gasteiger partial charge in [-0.05, 0) is 47.0 Å². The number of benzene rings is 3. The smallest absolute Gasteiger partial charge is 0.331 e. The monoisotopic (exact) mass is 451 g/mol. The SMILES string of the molecule is NC(=O)c1cc(/C=C(\Cc2ccccc2)C(=O)O)cc(-c2ccc(S(N)(=O)=O)cc2)c1N. The molecule has 0 fully saturated rings. The fraction of sp³-hybridized carbons (Fsp3) is 0.0435. The van der Waals surface area contributed by atoms with E-state index in [1.807, 2.05) is 30.3 Å². The molecule has 3 rings (SSSR count). The zero-order chi connectivity index (χ0) is 23.5. The second kappa shape index (κ2) is 9.04. The summed E-state index contributed by atoms with van der Waals surface area (Å²) in [6, 6.07) is 17.7. The summed E-state index contributed by atoms with van der Waals surface area (Å²) in [7, 11) is -3.88. The van der Waals surface area contributed by atoms with Gasteiger partial charge in [-0.25, -0.2) is 18.4 Å². The van der Waals surface area contributed by atoms with Gasteiger partial charge >= 0.3 is 5.97 Å². The van der Waals surface area contributed by atoms with Crippen molar-refractivity contribution in [3.63, 3.8) is 0 Å². The van der Waals surface area contributed by atoms with E-state index in [4.69, 9.17) is 16.6 Å². The molecule has 0 radical (unpaired) electrons. The molecular weight excluding hydrogens is 430 g/mol. The predicted octanol–water partition coefficient (Wildman–Crippen LogP) is 2.39. The Bertz CT molecular complexity index is 1320. The third-order valence-corrected chi connectivity index (χ3v) is 5.74. The average Bonchev–Trinajstić information content (AvgIpc) is 2.74. The number of hydrogen-bond donors (Lipinski definition) is 4. The van der Waals surface area contributed by atoms with E-state index < -0.39 is 21.9 Å². The van der Waals surface area contributed by atoms with Crippen LogP contribution in [-0.2, 0) is 21.2 Å². The van der Waals surface area contributed by atoms with Gasteiger partial charge in [-0.2, -0.15) is 0 Å².